The van der Waals surface area contributed by atoms with Crippen molar-refractivity contribution >= 4 is 23.9 Å². The Bertz CT molecular complexity index is 215. The number of hydrogen-bond donors (Lipinski definition) is 2. The van der Waals surface area contributed by atoms with Gasteiger partial charge in [0.1, 0.15) is 0 Å². The number of rotatable bonds is 5. The second-order valence-corrected chi connectivity index (χ2v) is 3.68. The van der Waals surface area contributed by atoms with Crippen LogP contribution in [0, 0.1) is 5.41 Å². The summed E-state index contributed by atoms with van der Waals surface area (Å²) in [5, 5.41) is 10.8. The first-order valence-corrected chi connectivity index (χ1v) is 5.27. The third-order valence-corrected chi connectivity index (χ3v) is 2.41. The summed E-state index contributed by atoms with van der Waals surface area (Å²) in [6.07, 6.45) is 1.50. The highest BCUT2D eigenvalue weighted by Crippen LogP contribution is 1.96. The SMILES string of the molecule is CCCC(=N)C(=O)CN1CCNCC1.Cl. The summed E-state index contributed by atoms with van der Waals surface area (Å²) in [5.74, 6) is -0.00579. The Labute approximate surface area is 97.3 Å². The van der Waals surface area contributed by atoms with Crippen molar-refractivity contribution in [3.05, 3.63) is 0 Å². The van der Waals surface area contributed by atoms with Gasteiger partial charge in [0.15, 0.2) is 5.78 Å². The molecular weight excluding hydrogens is 214 g/mol. The lowest BCUT2D eigenvalue weighted by molar-refractivity contribution is -0.114. The van der Waals surface area contributed by atoms with Crippen LogP contribution in [0.4, 0.5) is 0 Å². The van der Waals surface area contributed by atoms with Gasteiger partial charge in [0.25, 0.3) is 0 Å². The Morgan fingerprint density at radius 3 is 2.53 bits per heavy atom. The van der Waals surface area contributed by atoms with Crippen molar-refractivity contribution < 1.29 is 4.79 Å². The Kier molecular flexibility index (Phi) is 7.56. The molecule has 1 saturated heterocycles. The molecule has 0 bridgehead atoms. The van der Waals surface area contributed by atoms with Crippen molar-refractivity contribution in [2.75, 3.05) is 32.7 Å². The average Bonchev–Trinajstić information content (AvgIpc) is 2.19. The van der Waals surface area contributed by atoms with Crippen LogP contribution in [0.3, 0.4) is 0 Å². The molecular formula is C10H20ClN3O. The van der Waals surface area contributed by atoms with Crippen LogP contribution in [0.15, 0.2) is 0 Å². The zero-order valence-electron chi connectivity index (χ0n) is 9.21. The Balaban J connectivity index is 0.00000196. The van der Waals surface area contributed by atoms with Gasteiger partial charge in [0, 0.05) is 26.2 Å². The van der Waals surface area contributed by atoms with Gasteiger partial charge in [-0.2, -0.15) is 0 Å². The Morgan fingerprint density at radius 2 is 2.00 bits per heavy atom. The van der Waals surface area contributed by atoms with E-state index in [-0.39, 0.29) is 23.9 Å². The molecule has 1 aliphatic rings. The summed E-state index contributed by atoms with van der Waals surface area (Å²) < 4.78 is 0. The van der Waals surface area contributed by atoms with Crippen molar-refractivity contribution in [2.45, 2.75) is 19.8 Å². The van der Waals surface area contributed by atoms with Crippen LogP contribution in [0.1, 0.15) is 19.8 Å². The minimum atomic E-state index is -0.00579. The third-order valence-electron chi connectivity index (χ3n) is 2.41. The van der Waals surface area contributed by atoms with E-state index in [2.05, 4.69) is 10.2 Å². The highest BCUT2D eigenvalue weighted by atomic mass is 35.5. The maximum atomic E-state index is 11.5. The number of Topliss-reactive ketones (excluding diaryl/α,β-unsaturated/α-hetero) is 1. The highest BCUT2D eigenvalue weighted by molar-refractivity contribution is 6.39. The minimum absolute atomic E-state index is 0. The second-order valence-electron chi connectivity index (χ2n) is 3.68. The van der Waals surface area contributed by atoms with Crippen LogP contribution in [0.5, 0.6) is 0 Å². The summed E-state index contributed by atoms with van der Waals surface area (Å²) in [4.78, 5) is 13.6. The van der Waals surface area contributed by atoms with E-state index in [1.165, 1.54) is 0 Å². The zero-order chi connectivity index (χ0) is 10.4. The lowest BCUT2D eigenvalue weighted by Gasteiger charge is -2.26. The van der Waals surface area contributed by atoms with Crippen LogP contribution in [-0.2, 0) is 4.79 Å². The van der Waals surface area contributed by atoms with Gasteiger partial charge < -0.3 is 10.7 Å². The molecule has 0 radical (unpaired) electrons. The molecule has 5 heteroatoms. The van der Waals surface area contributed by atoms with E-state index < -0.39 is 0 Å². The van der Waals surface area contributed by atoms with E-state index in [4.69, 9.17) is 5.41 Å². The summed E-state index contributed by atoms with van der Waals surface area (Å²) in [6, 6.07) is 0. The molecule has 4 nitrogen and oxygen atoms in total. The van der Waals surface area contributed by atoms with Gasteiger partial charge >= 0.3 is 0 Å². The molecule has 15 heavy (non-hydrogen) atoms. The van der Waals surface area contributed by atoms with Crippen molar-refractivity contribution in [3.8, 4) is 0 Å². The molecule has 0 spiro atoms. The van der Waals surface area contributed by atoms with E-state index >= 15 is 0 Å². The third kappa shape index (κ3) is 5.25. The number of piperazine rings is 1. The molecule has 1 aliphatic heterocycles. The molecule has 88 valence electrons. The lowest BCUT2D eigenvalue weighted by atomic mass is 10.1. The van der Waals surface area contributed by atoms with Crippen molar-refractivity contribution in [3.63, 3.8) is 0 Å². The molecule has 1 rings (SSSR count). The largest absolute Gasteiger partial charge is 0.314 e. The summed E-state index contributed by atoms with van der Waals surface area (Å²) in [7, 11) is 0. The van der Waals surface area contributed by atoms with Gasteiger partial charge in [0.2, 0.25) is 0 Å². The smallest absolute Gasteiger partial charge is 0.190 e. The highest BCUT2D eigenvalue weighted by Gasteiger charge is 2.15. The first-order chi connectivity index (χ1) is 6.74. The van der Waals surface area contributed by atoms with Gasteiger partial charge in [-0.25, -0.2) is 0 Å². The monoisotopic (exact) mass is 233 g/mol. The average molecular weight is 234 g/mol. The number of hydrogen-bond acceptors (Lipinski definition) is 4. The number of ketones is 1. The summed E-state index contributed by atoms with van der Waals surface area (Å²) >= 11 is 0. The molecule has 1 heterocycles. The molecule has 0 aromatic rings. The van der Waals surface area contributed by atoms with E-state index in [9.17, 15) is 4.79 Å². The topological polar surface area (TPSA) is 56.2 Å². The van der Waals surface area contributed by atoms with Gasteiger partial charge in [-0.05, 0) is 6.42 Å². The summed E-state index contributed by atoms with van der Waals surface area (Å²) in [5.41, 5.74) is 0.283. The van der Waals surface area contributed by atoms with Crippen molar-refractivity contribution in [1.82, 2.24) is 10.2 Å². The molecule has 0 unspecified atom stereocenters. The van der Waals surface area contributed by atoms with Crippen LogP contribution >= 0.6 is 12.4 Å². The van der Waals surface area contributed by atoms with Gasteiger partial charge in [-0.3, -0.25) is 9.69 Å². The number of nitrogens with one attached hydrogen (secondary N) is 2. The zero-order valence-corrected chi connectivity index (χ0v) is 10.0. The lowest BCUT2D eigenvalue weighted by Crippen LogP contribution is -2.46. The quantitative estimate of drug-likeness (QED) is 0.688. The maximum Gasteiger partial charge on any atom is 0.190 e. The minimum Gasteiger partial charge on any atom is -0.314 e. The number of nitrogens with zero attached hydrogens (tertiary/aromatic N) is 1. The first kappa shape index (κ1) is 14.6. The van der Waals surface area contributed by atoms with E-state index in [1.807, 2.05) is 6.92 Å². The van der Waals surface area contributed by atoms with E-state index in [1.54, 1.807) is 0 Å². The van der Waals surface area contributed by atoms with E-state index in [0.29, 0.717) is 13.0 Å². The van der Waals surface area contributed by atoms with Crippen LogP contribution < -0.4 is 5.32 Å². The fourth-order valence-corrected chi connectivity index (χ4v) is 1.56. The maximum absolute atomic E-state index is 11.5. The summed E-state index contributed by atoms with van der Waals surface area (Å²) in [6.45, 7) is 6.17. The standard InChI is InChI=1S/C10H19N3O.ClH/c1-2-3-9(11)10(14)8-13-6-4-12-5-7-13;/h11-12H,2-8H2,1H3;1H. The molecule has 0 amide bonds. The van der Waals surface area contributed by atoms with Crippen LogP contribution in [-0.4, -0.2) is 49.1 Å². The van der Waals surface area contributed by atoms with Gasteiger partial charge in [-0.1, -0.05) is 13.3 Å². The molecule has 0 aromatic heterocycles. The van der Waals surface area contributed by atoms with Gasteiger partial charge in [0.05, 0.1) is 12.3 Å². The molecule has 0 aromatic carbocycles. The second kappa shape index (κ2) is 7.79. The Hall–Kier alpha value is -0.450. The first-order valence-electron chi connectivity index (χ1n) is 5.27. The fourth-order valence-electron chi connectivity index (χ4n) is 1.56. The number of halogens is 1. The fraction of sp³-hybridized carbons (Fsp3) is 0.800. The normalized spacial score (nSPS) is 16.9. The van der Waals surface area contributed by atoms with Crippen LogP contribution in [0.25, 0.3) is 0 Å². The van der Waals surface area contributed by atoms with Crippen molar-refractivity contribution in [1.29, 1.82) is 5.41 Å². The molecule has 2 N–H and O–H groups in total. The van der Waals surface area contributed by atoms with E-state index in [0.717, 1.165) is 32.6 Å². The number of carbonyl (C=O) groups excluding carboxylic acids is 1. The van der Waals surface area contributed by atoms with Gasteiger partial charge in [-0.15, -0.1) is 12.4 Å². The number of carbonyl (C=O) groups is 1. The van der Waals surface area contributed by atoms with Crippen molar-refractivity contribution in [2.24, 2.45) is 0 Å². The predicted molar refractivity (Wildman–Crippen MR) is 64.2 cm³/mol. The molecule has 1 fully saturated rings. The Morgan fingerprint density at radius 1 is 1.40 bits per heavy atom. The van der Waals surface area contributed by atoms with Crippen LogP contribution in [0.2, 0.25) is 0 Å². The predicted octanol–water partition coefficient (Wildman–Crippen LogP) is 0.702. The molecule has 0 aliphatic carbocycles. The molecule has 0 saturated carbocycles. The molecule has 0 atom stereocenters.